The second-order valence-electron chi connectivity index (χ2n) is 7.58. The summed E-state index contributed by atoms with van der Waals surface area (Å²) < 4.78 is 5.53. The number of morpholine rings is 1. The van der Waals surface area contributed by atoms with Gasteiger partial charge in [0.15, 0.2) is 0 Å². The first kappa shape index (κ1) is 20.4. The van der Waals surface area contributed by atoms with Crippen LogP contribution in [0.2, 0.25) is 5.02 Å². The van der Waals surface area contributed by atoms with E-state index in [0.29, 0.717) is 0 Å². The Balaban J connectivity index is 1.52. The molecule has 3 heterocycles. The van der Waals surface area contributed by atoms with E-state index in [4.69, 9.17) is 16.3 Å². The Morgan fingerprint density at radius 2 is 1.81 bits per heavy atom. The van der Waals surface area contributed by atoms with E-state index in [1.165, 1.54) is 5.56 Å². The highest BCUT2D eigenvalue weighted by atomic mass is 35.5. The average molecular weight is 451 g/mol. The van der Waals surface area contributed by atoms with Crippen molar-refractivity contribution in [1.29, 1.82) is 0 Å². The van der Waals surface area contributed by atoms with Gasteiger partial charge in [-0.1, -0.05) is 54.1 Å². The fraction of sp³-hybridized carbons (Fsp3) is 0.250. The van der Waals surface area contributed by atoms with Crippen LogP contribution in [0, 0.1) is 0 Å². The molecular weight excluding hydrogens is 428 g/mol. The van der Waals surface area contributed by atoms with Crippen molar-refractivity contribution in [3.8, 4) is 11.1 Å². The van der Waals surface area contributed by atoms with Crippen molar-refractivity contribution in [3.05, 3.63) is 76.9 Å². The maximum absolute atomic E-state index is 6.10. The zero-order valence-corrected chi connectivity index (χ0v) is 18.6. The van der Waals surface area contributed by atoms with Crippen LogP contribution >= 0.6 is 22.9 Å². The van der Waals surface area contributed by atoms with Crippen LogP contribution in [0.3, 0.4) is 0 Å². The van der Waals surface area contributed by atoms with Crippen LogP contribution in [-0.2, 0) is 4.74 Å². The van der Waals surface area contributed by atoms with Gasteiger partial charge in [-0.05, 0) is 23.3 Å². The highest BCUT2D eigenvalue weighted by molar-refractivity contribution is 7.17. The second-order valence-corrected chi connectivity index (χ2v) is 8.87. The first-order chi connectivity index (χ1) is 15.3. The molecule has 5 rings (SSSR count). The molecule has 0 bridgehead atoms. The van der Waals surface area contributed by atoms with Crippen molar-refractivity contribution >= 4 is 39.0 Å². The number of fused-ring (bicyclic) bond motifs is 1. The third kappa shape index (κ3) is 4.57. The highest BCUT2D eigenvalue weighted by Gasteiger charge is 2.21. The SMILES string of the molecule is Clc1ccc(-c2csc3ncnc(NC(CN4CCOCC4)c4ccccc4)c23)cc1. The summed E-state index contributed by atoms with van der Waals surface area (Å²) in [5.41, 5.74) is 3.47. The van der Waals surface area contributed by atoms with Gasteiger partial charge in [0.1, 0.15) is 17.0 Å². The second kappa shape index (κ2) is 9.32. The summed E-state index contributed by atoms with van der Waals surface area (Å²) >= 11 is 7.74. The Morgan fingerprint density at radius 1 is 1.03 bits per heavy atom. The lowest BCUT2D eigenvalue weighted by atomic mass is 10.0. The number of halogens is 1. The molecule has 2 aromatic carbocycles. The zero-order chi connectivity index (χ0) is 21.0. The predicted molar refractivity (Wildman–Crippen MR) is 128 cm³/mol. The first-order valence-electron chi connectivity index (χ1n) is 10.4. The lowest BCUT2D eigenvalue weighted by Gasteiger charge is -2.31. The number of ether oxygens (including phenoxy) is 1. The molecule has 4 aromatic rings. The quantitative estimate of drug-likeness (QED) is 0.420. The summed E-state index contributed by atoms with van der Waals surface area (Å²) in [4.78, 5) is 12.6. The van der Waals surface area contributed by atoms with E-state index in [1.807, 2.05) is 24.3 Å². The Hall–Kier alpha value is -2.51. The van der Waals surface area contributed by atoms with Gasteiger partial charge in [-0.2, -0.15) is 0 Å². The van der Waals surface area contributed by atoms with Crippen LogP contribution in [0.5, 0.6) is 0 Å². The van der Waals surface area contributed by atoms with E-state index in [0.717, 1.165) is 65.0 Å². The van der Waals surface area contributed by atoms with Gasteiger partial charge in [-0.15, -0.1) is 11.3 Å². The van der Waals surface area contributed by atoms with Gasteiger partial charge in [0.2, 0.25) is 0 Å². The minimum Gasteiger partial charge on any atom is -0.379 e. The van der Waals surface area contributed by atoms with Crippen LogP contribution in [0.4, 0.5) is 5.82 Å². The molecule has 158 valence electrons. The average Bonchev–Trinajstić information content (AvgIpc) is 3.26. The third-order valence-corrected chi connectivity index (χ3v) is 6.72. The van der Waals surface area contributed by atoms with Crippen LogP contribution in [0.15, 0.2) is 66.3 Å². The van der Waals surface area contributed by atoms with E-state index in [1.54, 1.807) is 17.7 Å². The molecule has 0 radical (unpaired) electrons. The smallest absolute Gasteiger partial charge is 0.139 e. The number of benzene rings is 2. The topological polar surface area (TPSA) is 50.3 Å². The maximum Gasteiger partial charge on any atom is 0.139 e. The summed E-state index contributed by atoms with van der Waals surface area (Å²) in [5, 5.41) is 7.67. The molecule has 1 unspecified atom stereocenters. The van der Waals surface area contributed by atoms with Crippen molar-refractivity contribution in [2.45, 2.75) is 6.04 Å². The summed E-state index contributed by atoms with van der Waals surface area (Å²) in [6.45, 7) is 4.34. The van der Waals surface area contributed by atoms with Gasteiger partial charge >= 0.3 is 0 Å². The van der Waals surface area contributed by atoms with Gasteiger partial charge in [-0.25, -0.2) is 9.97 Å². The monoisotopic (exact) mass is 450 g/mol. The molecule has 1 aliphatic heterocycles. The molecule has 7 heteroatoms. The number of nitrogens with one attached hydrogen (secondary N) is 1. The van der Waals surface area contributed by atoms with Crippen molar-refractivity contribution < 1.29 is 4.74 Å². The Kier molecular flexibility index (Phi) is 6.13. The molecule has 0 spiro atoms. The van der Waals surface area contributed by atoms with E-state index in [9.17, 15) is 0 Å². The minimum absolute atomic E-state index is 0.107. The molecule has 2 aromatic heterocycles. The van der Waals surface area contributed by atoms with Gasteiger partial charge in [-0.3, -0.25) is 4.90 Å². The Bertz CT molecular complexity index is 1140. The number of thiophene rings is 1. The normalized spacial score (nSPS) is 15.8. The molecule has 5 nitrogen and oxygen atoms in total. The molecule has 1 saturated heterocycles. The lowest BCUT2D eigenvalue weighted by Crippen LogP contribution is -2.40. The van der Waals surface area contributed by atoms with Gasteiger partial charge < -0.3 is 10.1 Å². The third-order valence-electron chi connectivity index (χ3n) is 5.58. The van der Waals surface area contributed by atoms with Crippen molar-refractivity contribution in [2.24, 2.45) is 0 Å². The molecule has 1 fully saturated rings. The Labute approximate surface area is 190 Å². The number of hydrogen-bond donors (Lipinski definition) is 1. The predicted octanol–water partition coefficient (Wildman–Crippen LogP) is 5.50. The Morgan fingerprint density at radius 3 is 2.58 bits per heavy atom. The maximum atomic E-state index is 6.10. The summed E-state index contributed by atoms with van der Waals surface area (Å²) in [5.74, 6) is 0.860. The van der Waals surface area contributed by atoms with Crippen LogP contribution in [0.25, 0.3) is 21.3 Å². The number of aromatic nitrogens is 2. The number of nitrogens with zero attached hydrogens (tertiary/aromatic N) is 3. The number of anilines is 1. The fourth-order valence-electron chi connectivity index (χ4n) is 3.95. The molecule has 1 N–H and O–H groups in total. The molecule has 1 atom stereocenters. The standard InChI is InChI=1S/C24H23ClN4OS/c25-19-8-6-17(7-9-19)20-15-31-24-22(20)23(26-16-27-24)28-21(18-4-2-1-3-5-18)14-29-10-12-30-13-11-29/h1-9,15-16,21H,10-14H2,(H,26,27,28). The van der Waals surface area contributed by atoms with Gasteiger partial charge in [0.05, 0.1) is 24.6 Å². The number of hydrogen-bond acceptors (Lipinski definition) is 6. The van der Waals surface area contributed by atoms with E-state index in [2.05, 4.69) is 55.9 Å². The van der Waals surface area contributed by atoms with Crippen molar-refractivity contribution in [2.75, 3.05) is 38.2 Å². The molecule has 0 aliphatic carbocycles. The van der Waals surface area contributed by atoms with Gasteiger partial charge in [0, 0.05) is 35.6 Å². The fourth-order valence-corrected chi connectivity index (χ4v) is 5.00. The van der Waals surface area contributed by atoms with Crippen molar-refractivity contribution in [3.63, 3.8) is 0 Å². The van der Waals surface area contributed by atoms with Crippen LogP contribution in [0.1, 0.15) is 11.6 Å². The summed E-state index contributed by atoms with van der Waals surface area (Å²) in [7, 11) is 0. The van der Waals surface area contributed by atoms with E-state index >= 15 is 0 Å². The van der Waals surface area contributed by atoms with Crippen molar-refractivity contribution in [1.82, 2.24) is 14.9 Å². The molecule has 0 amide bonds. The molecule has 0 saturated carbocycles. The van der Waals surface area contributed by atoms with E-state index < -0.39 is 0 Å². The highest BCUT2D eigenvalue weighted by Crippen LogP contribution is 2.38. The summed E-state index contributed by atoms with van der Waals surface area (Å²) in [6, 6.07) is 18.6. The first-order valence-corrected chi connectivity index (χ1v) is 11.6. The molecular formula is C24H23ClN4OS. The van der Waals surface area contributed by atoms with E-state index in [-0.39, 0.29) is 6.04 Å². The minimum atomic E-state index is 0.107. The zero-order valence-electron chi connectivity index (χ0n) is 17.0. The largest absolute Gasteiger partial charge is 0.379 e. The molecule has 31 heavy (non-hydrogen) atoms. The van der Waals surface area contributed by atoms with Crippen LogP contribution in [-0.4, -0.2) is 47.7 Å². The summed E-state index contributed by atoms with van der Waals surface area (Å²) in [6.07, 6.45) is 1.64. The van der Waals surface area contributed by atoms with Crippen LogP contribution < -0.4 is 5.32 Å². The lowest BCUT2D eigenvalue weighted by molar-refractivity contribution is 0.0361. The number of rotatable bonds is 6. The molecule has 1 aliphatic rings. The van der Waals surface area contributed by atoms with Gasteiger partial charge in [0.25, 0.3) is 0 Å².